The highest BCUT2D eigenvalue weighted by atomic mass is 16.6. The third-order valence-corrected chi connectivity index (χ3v) is 6.49. The van der Waals surface area contributed by atoms with Gasteiger partial charge in [0, 0.05) is 6.61 Å². The van der Waals surface area contributed by atoms with Gasteiger partial charge < -0.3 is 33.2 Å². The fourth-order valence-corrected chi connectivity index (χ4v) is 4.16. The molecule has 0 saturated heterocycles. The Morgan fingerprint density at radius 3 is 1.07 bits per heavy atom. The van der Waals surface area contributed by atoms with E-state index < -0.39 is 0 Å². The lowest BCUT2D eigenvalue weighted by Gasteiger charge is -2.09. The molecule has 40 heavy (non-hydrogen) atoms. The summed E-state index contributed by atoms with van der Waals surface area (Å²) in [7, 11) is 0. The predicted molar refractivity (Wildman–Crippen MR) is 163 cm³/mol. The Labute approximate surface area is 245 Å². The first-order chi connectivity index (χ1) is 19.9. The molecule has 0 unspecified atom stereocenters. The first-order valence-electron chi connectivity index (χ1n) is 16.1. The summed E-state index contributed by atoms with van der Waals surface area (Å²) >= 11 is 0. The summed E-state index contributed by atoms with van der Waals surface area (Å²) in [6, 6.07) is 9.73. The Hall–Kier alpha value is -1.22. The lowest BCUT2D eigenvalue weighted by atomic mass is 10.0. The van der Waals surface area contributed by atoms with Crippen LogP contribution in [0, 0.1) is 0 Å². The quantitative estimate of drug-likeness (QED) is 0.0827. The normalized spacial score (nSPS) is 11.3. The molecule has 1 aromatic rings. The average molecular weight is 569 g/mol. The first-order valence-corrected chi connectivity index (χ1v) is 16.1. The van der Waals surface area contributed by atoms with Crippen LogP contribution in [0.3, 0.4) is 0 Å². The molecule has 0 spiro atoms. The van der Waals surface area contributed by atoms with Crippen LogP contribution in [0.25, 0.3) is 0 Å². The molecule has 0 aliphatic rings. The maximum Gasteiger partial charge on any atom is 0.119 e. The van der Waals surface area contributed by atoms with E-state index in [-0.39, 0.29) is 0 Å². The average Bonchev–Trinajstić information content (AvgIpc) is 2.98. The highest BCUT2D eigenvalue weighted by molar-refractivity contribution is 5.20. The van der Waals surface area contributed by atoms with E-state index >= 15 is 0 Å². The van der Waals surface area contributed by atoms with Crippen molar-refractivity contribution >= 4 is 0 Å². The minimum absolute atomic E-state index is 0.533. The van der Waals surface area contributed by atoms with Gasteiger partial charge in [0.1, 0.15) is 12.4 Å². The number of ether oxygens (including phenoxy) is 7. The molecule has 1 aromatic carbocycles. The van der Waals surface area contributed by atoms with Crippen LogP contribution in [0.1, 0.15) is 90.4 Å². The number of hydrogen-bond acceptors (Lipinski definition) is 7. The van der Waals surface area contributed by atoms with E-state index in [0.29, 0.717) is 79.3 Å². The standard InChI is InChI=1S/C33H60O7/c1-2-3-4-5-6-7-8-9-10-11-12-13-17-20-34-21-22-35-23-24-36-25-26-37-27-28-38-29-30-39-31-32-40-33-18-15-14-16-19-33/h14-16,18-19H,2-13,17,20-32H2,1H3. The van der Waals surface area contributed by atoms with Crippen molar-refractivity contribution in [1.29, 1.82) is 0 Å². The summed E-state index contributed by atoms with van der Waals surface area (Å²) in [6.45, 7) is 9.95. The molecule has 0 atom stereocenters. The van der Waals surface area contributed by atoms with E-state index in [4.69, 9.17) is 33.2 Å². The highest BCUT2D eigenvalue weighted by Crippen LogP contribution is 2.12. The topological polar surface area (TPSA) is 64.6 Å². The van der Waals surface area contributed by atoms with Crippen LogP contribution in [0.2, 0.25) is 0 Å². The van der Waals surface area contributed by atoms with Gasteiger partial charge in [0.2, 0.25) is 0 Å². The second kappa shape index (κ2) is 32.3. The van der Waals surface area contributed by atoms with Crippen LogP contribution in [-0.2, 0) is 28.4 Å². The van der Waals surface area contributed by atoms with Crippen molar-refractivity contribution < 1.29 is 33.2 Å². The third kappa shape index (κ3) is 28.3. The fourth-order valence-electron chi connectivity index (χ4n) is 4.16. The maximum absolute atomic E-state index is 5.66. The zero-order valence-electron chi connectivity index (χ0n) is 25.6. The maximum atomic E-state index is 5.66. The van der Waals surface area contributed by atoms with Crippen LogP contribution >= 0.6 is 0 Å². The van der Waals surface area contributed by atoms with Crippen molar-refractivity contribution in [3.63, 3.8) is 0 Å². The summed E-state index contributed by atoms with van der Waals surface area (Å²) in [6.07, 6.45) is 17.9. The van der Waals surface area contributed by atoms with E-state index in [1.54, 1.807) is 0 Å². The summed E-state index contributed by atoms with van der Waals surface area (Å²) in [5.74, 6) is 0.858. The van der Waals surface area contributed by atoms with Gasteiger partial charge in [-0.3, -0.25) is 0 Å². The third-order valence-electron chi connectivity index (χ3n) is 6.49. The van der Waals surface area contributed by atoms with Gasteiger partial charge in [-0.25, -0.2) is 0 Å². The number of rotatable bonds is 33. The monoisotopic (exact) mass is 568 g/mol. The fraction of sp³-hybridized carbons (Fsp3) is 0.818. The Bertz CT molecular complexity index is 587. The Morgan fingerprint density at radius 2 is 0.675 bits per heavy atom. The molecule has 7 heteroatoms. The van der Waals surface area contributed by atoms with Crippen molar-refractivity contribution in [3.05, 3.63) is 30.3 Å². The first kappa shape index (κ1) is 36.8. The molecule has 0 aromatic heterocycles. The Balaban J connectivity index is 1.62. The lowest BCUT2D eigenvalue weighted by Crippen LogP contribution is -2.14. The second-order valence-electron chi connectivity index (χ2n) is 10.1. The summed E-state index contributed by atoms with van der Waals surface area (Å²) in [4.78, 5) is 0. The zero-order valence-corrected chi connectivity index (χ0v) is 25.6. The lowest BCUT2D eigenvalue weighted by molar-refractivity contribution is -0.0179. The Kier molecular flexibility index (Phi) is 29.7. The van der Waals surface area contributed by atoms with Crippen LogP contribution in [-0.4, -0.2) is 85.9 Å². The van der Waals surface area contributed by atoms with E-state index in [9.17, 15) is 0 Å². The minimum atomic E-state index is 0.533. The van der Waals surface area contributed by atoms with Crippen LogP contribution in [0.15, 0.2) is 30.3 Å². The van der Waals surface area contributed by atoms with E-state index in [2.05, 4.69) is 6.92 Å². The van der Waals surface area contributed by atoms with Gasteiger partial charge in [-0.2, -0.15) is 0 Å². The predicted octanol–water partition coefficient (Wildman–Crippen LogP) is 7.26. The molecular weight excluding hydrogens is 508 g/mol. The molecule has 0 heterocycles. The van der Waals surface area contributed by atoms with Gasteiger partial charge in [-0.1, -0.05) is 102 Å². The second-order valence-corrected chi connectivity index (χ2v) is 10.1. The molecule has 234 valence electrons. The molecule has 0 aliphatic heterocycles. The number of para-hydroxylation sites is 1. The molecule has 0 saturated carbocycles. The van der Waals surface area contributed by atoms with Crippen molar-refractivity contribution in [2.45, 2.75) is 90.4 Å². The number of hydrogen-bond donors (Lipinski definition) is 0. The van der Waals surface area contributed by atoms with Gasteiger partial charge in [0.05, 0.1) is 72.7 Å². The smallest absolute Gasteiger partial charge is 0.119 e. The molecule has 0 bridgehead atoms. The van der Waals surface area contributed by atoms with E-state index in [0.717, 1.165) is 18.8 Å². The van der Waals surface area contributed by atoms with Crippen molar-refractivity contribution in [1.82, 2.24) is 0 Å². The molecule has 0 aliphatic carbocycles. The van der Waals surface area contributed by atoms with Gasteiger partial charge in [-0.05, 0) is 18.6 Å². The number of benzene rings is 1. The van der Waals surface area contributed by atoms with Crippen LogP contribution in [0.4, 0.5) is 0 Å². The van der Waals surface area contributed by atoms with E-state index in [1.165, 1.54) is 77.0 Å². The molecule has 7 nitrogen and oxygen atoms in total. The van der Waals surface area contributed by atoms with E-state index in [1.807, 2.05) is 30.3 Å². The van der Waals surface area contributed by atoms with Gasteiger partial charge in [0.15, 0.2) is 0 Å². The molecule has 0 fully saturated rings. The van der Waals surface area contributed by atoms with Gasteiger partial charge in [0.25, 0.3) is 0 Å². The van der Waals surface area contributed by atoms with Gasteiger partial charge in [-0.15, -0.1) is 0 Å². The van der Waals surface area contributed by atoms with Crippen molar-refractivity contribution in [3.8, 4) is 5.75 Å². The number of unbranched alkanes of at least 4 members (excludes halogenated alkanes) is 12. The van der Waals surface area contributed by atoms with Crippen molar-refractivity contribution in [2.75, 3.05) is 85.9 Å². The van der Waals surface area contributed by atoms with Crippen molar-refractivity contribution in [2.24, 2.45) is 0 Å². The Morgan fingerprint density at radius 1 is 0.350 bits per heavy atom. The summed E-state index contributed by atoms with van der Waals surface area (Å²) < 4.78 is 38.8. The van der Waals surface area contributed by atoms with Gasteiger partial charge >= 0.3 is 0 Å². The largest absolute Gasteiger partial charge is 0.491 e. The summed E-state index contributed by atoms with van der Waals surface area (Å²) in [5.41, 5.74) is 0. The summed E-state index contributed by atoms with van der Waals surface area (Å²) in [5, 5.41) is 0. The molecule has 1 rings (SSSR count). The van der Waals surface area contributed by atoms with Crippen LogP contribution < -0.4 is 4.74 Å². The van der Waals surface area contributed by atoms with Crippen LogP contribution in [0.5, 0.6) is 5.75 Å². The molecule has 0 radical (unpaired) electrons. The zero-order chi connectivity index (χ0) is 28.4. The molecule has 0 amide bonds. The SMILES string of the molecule is CCCCCCCCCCCCCCCOCCOCCOCCOCCOCCOCCOc1ccccc1. The molecular formula is C33H60O7. The highest BCUT2D eigenvalue weighted by Gasteiger charge is 1.97. The molecule has 0 N–H and O–H groups in total. The minimum Gasteiger partial charge on any atom is -0.491 e.